The standard InChI is InChI=1S/C17H18F3NO2/c1-11(13-8-14(18)17(20)15(19)9-13)21-10-12-4-2-3-5-16(12)23-7-6-22/h2-5,8-9,11,21-22H,6-7,10H2,1H3. The van der Waals surface area contributed by atoms with E-state index in [0.717, 1.165) is 17.7 Å². The summed E-state index contributed by atoms with van der Waals surface area (Å²) in [4.78, 5) is 0. The van der Waals surface area contributed by atoms with Crippen molar-refractivity contribution >= 4 is 0 Å². The highest BCUT2D eigenvalue weighted by atomic mass is 19.2. The second-order valence-electron chi connectivity index (χ2n) is 5.08. The molecule has 23 heavy (non-hydrogen) atoms. The van der Waals surface area contributed by atoms with E-state index in [1.807, 2.05) is 18.2 Å². The van der Waals surface area contributed by atoms with Crippen molar-refractivity contribution in [1.29, 1.82) is 0 Å². The van der Waals surface area contributed by atoms with E-state index < -0.39 is 17.5 Å². The lowest BCUT2D eigenvalue weighted by molar-refractivity contribution is 0.200. The van der Waals surface area contributed by atoms with Crippen LogP contribution in [-0.4, -0.2) is 18.3 Å². The van der Waals surface area contributed by atoms with Gasteiger partial charge in [-0.15, -0.1) is 0 Å². The number of halogens is 3. The van der Waals surface area contributed by atoms with Gasteiger partial charge in [-0.2, -0.15) is 0 Å². The number of hydrogen-bond donors (Lipinski definition) is 2. The van der Waals surface area contributed by atoms with E-state index in [2.05, 4.69) is 5.32 Å². The van der Waals surface area contributed by atoms with Crippen molar-refractivity contribution < 1.29 is 23.0 Å². The lowest BCUT2D eigenvalue weighted by Gasteiger charge is -2.17. The zero-order chi connectivity index (χ0) is 16.8. The van der Waals surface area contributed by atoms with Crippen molar-refractivity contribution in [2.45, 2.75) is 19.5 Å². The Morgan fingerprint density at radius 3 is 2.43 bits per heavy atom. The number of nitrogens with one attached hydrogen (secondary N) is 1. The van der Waals surface area contributed by atoms with Gasteiger partial charge >= 0.3 is 0 Å². The average molecular weight is 325 g/mol. The maximum atomic E-state index is 13.3. The van der Waals surface area contributed by atoms with Crippen LogP contribution in [0.3, 0.4) is 0 Å². The molecule has 0 fully saturated rings. The topological polar surface area (TPSA) is 41.5 Å². The number of aliphatic hydroxyl groups excluding tert-OH is 1. The third kappa shape index (κ3) is 4.46. The highest BCUT2D eigenvalue weighted by molar-refractivity contribution is 5.33. The third-order valence-corrected chi connectivity index (χ3v) is 3.43. The van der Waals surface area contributed by atoms with Crippen LogP contribution in [0, 0.1) is 17.5 Å². The van der Waals surface area contributed by atoms with Gasteiger partial charge in [0, 0.05) is 18.2 Å². The van der Waals surface area contributed by atoms with E-state index in [4.69, 9.17) is 9.84 Å². The number of rotatable bonds is 7. The molecule has 6 heteroatoms. The van der Waals surface area contributed by atoms with Crippen LogP contribution in [0.1, 0.15) is 24.1 Å². The van der Waals surface area contributed by atoms with Gasteiger partial charge in [-0.05, 0) is 30.7 Å². The summed E-state index contributed by atoms with van der Waals surface area (Å²) < 4.78 is 45.0. The van der Waals surface area contributed by atoms with Crippen LogP contribution in [0.15, 0.2) is 36.4 Å². The van der Waals surface area contributed by atoms with Crippen molar-refractivity contribution in [2.75, 3.05) is 13.2 Å². The molecule has 3 nitrogen and oxygen atoms in total. The number of ether oxygens (including phenoxy) is 1. The molecule has 2 aromatic rings. The van der Waals surface area contributed by atoms with E-state index in [0.29, 0.717) is 17.9 Å². The fraction of sp³-hybridized carbons (Fsp3) is 0.294. The van der Waals surface area contributed by atoms with Crippen LogP contribution in [0.4, 0.5) is 13.2 Å². The van der Waals surface area contributed by atoms with Gasteiger partial charge in [0.15, 0.2) is 17.5 Å². The Labute approximate surface area is 132 Å². The Kier molecular flexibility index (Phi) is 6.01. The van der Waals surface area contributed by atoms with Crippen molar-refractivity contribution in [3.8, 4) is 5.75 Å². The van der Waals surface area contributed by atoms with E-state index in [1.165, 1.54) is 0 Å². The van der Waals surface area contributed by atoms with Crippen LogP contribution in [0.5, 0.6) is 5.75 Å². The Morgan fingerprint density at radius 2 is 1.78 bits per heavy atom. The minimum absolute atomic E-state index is 0.0910. The van der Waals surface area contributed by atoms with E-state index in [1.54, 1.807) is 13.0 Å². The minimum atomic E-state index is -1.47. The van der Waals surface area contributed by atoms with Gasteiger partial charge < -0.3 is 15.2 Å². The first-order chi connectivity index (χ1) is 11.0. The molecule has 0 radical (unpaired) electrons. The van der Waals surface area contributed by atoms with Gasteiger partial charge in [0.2, 0.25) is 0 Å². The molecule has 0 heterocycles. The van der Waals surface area contributed by atoms with E-state index in [9.17, 15) is 13.2 Å². The average Bonchev–Trinajstić information content (AvgIpc) is 2.55. The first kappa shape index (κ1) is 17.3. The molecule has 0 spiro atoms. The normalized spacial score (nSPS) is 12.2. The molecule has 2 N–H and O–H groups in total. The maximum absolute atomic E-state index is 13.3. The summed E-state index contributed by atoms with van der Waals surface area (Å²) in [7, 11) is 0. The summed E-state index contributed by atoms with van der Waals surface area (Å²) in [5.74, 6) is -3.26. The second kappa shape index (κ2) is 7.99. The van der Waals surface area contributed by atoms with Crippen LogP contribution < -0.4 is 10.1 Å². The summed E-state index contributed by atoms with van der Waals surface area (Å²) in [6.45, 7) is 2.21. The zero-order valence-corrected chi connectivity index (χ0v) is 12.7. The maximum Gasteiger partial charge on any atom is 0.194 e. The highest BCUT2D eigenvalue weighted by Gasteiger charge is 2.14. The lowest BCUT2D eigenvalue weighted by atomic mass is 10.1. The second-order valence-corrected chi connectivity index (χ2v) is 5.08. The number of hydrogen-bond acceptors (Lipinski definition) is 3. The molecule has 1 atom stereocenters. The number of aliphatic hydroxyl groups is 1. The summed E-state index contributed by atoms with van der Waals surface area (Å²) in [6, 6.07) is 8.83. The van der Waals surface area contributed by atoms with Crippen LogP contribution in [0.25, 0.3) is 0 Å². The predicted octanol–water partition coefficient (Wildman–Crippen LogP) is 3.33. The summed E-state index contributed by atoms with van der Waals surface area (Å²) in [5.41, 5.74) is 1.16. The van der Waals surface area contributed by atoms with Gasteiger partial charge in [-0.3, -0.25) is 0 Å². The SMILES string of the molecule is CC(NCc1ccccc1OCCO)c1cc(F)c(F)c(F)c1. The van der Waals surface area contributed by atoms with Gasteiger partial charge in [0.05, 0.1) is 6.61 Å². The molecule has 0 aliphatic carbocycles. The summed E-state index contributed by atoms with van der Waals surface area (Å²) >= 11 is 0. The quantitative estimate of drug-likeness (QED) is 0.767. The Morgan fingerprint density at radius 1 is 1.13 bits per heavy atom. The fourth-order valence-corrected chi connectivity index (χ4v) is 2.15. The Hall–Kier alpha value is -2.05. The molecule has 124 valence electrons. The lowest BCUT2D eigenvalue weighted by Crippen LogP contribution is -2.19. The predicted molar refractivity (Wildman–Crippen MR) is 80.6 cm³/mol. The molecule has 0 saturated heterocycles. The van der Waals surface area contributed by atoms with Gasteiger partial charge in [-0.1, -0.05) is 18.2 Å². The molecule has 1 unspecified atom stereocenters. The highest BCUT2D eigenvalue weighted by Crippen LogP contribution is 2.22. The molecule has 0 aliphatic rings. The fourth-order valence-electron chi connectivity index (χ4n) is 2.15. The first-order valence-electron chi connectivity index (χ1n) is 7.22. The third-order valence-electron chi connectivity index (χ3n) is 3.43. The smallest absolute Gasteiger partial charge is 0.194 e. The van der Waals surface area contributed by atoms with E-state index in [-0.39, 0.29) is 19.3 Å². The van der Waals surface area contributed by atoms with Crippen molar-refractivity contribution in [3.05, 3.63) is 65.0 Å². The first-order valence-corrected chi connectivity index (χ1v) is 7.22. The number of para-hydroxylation sites is 1. The van der Waals surface area contributed by atoms with Gasteiger partial charge in [0.25, 0.3) is 0 Å². The molecule has 2 aromatic carbocycles. The largest absolute Gasteiger partial charge is 0.491 e. The molecule has 2 rings (SSSR count). The molecule has 0 saturated carbocycles. The molecular weight excluding hydrogens is 307 g/mol. The van der Waals surface area contributed by atoms with Crippen molar-refractivity contribution in [3.63, 3.8) is 0 Å². The van der Waals surface area contributed by atoms with Crippen LogP contribution >= 0.6 is 0 Å². The van der Waals surface area contributed by atoms with Gasteiger partial charge in [-0.25, -0.2) is 13.2 Å². The monoisotopic (exact) mass is 325 g/mol. The van der Waals surface area contributed by atoms with Crippen molar-refractivity contribution in [1.82, 2.24) is 5.32 Å². The minimum Gasteiger partial charge on any atom is -0.491 e. The molecule has 0 aliphatic heterocycles. The molecular formula is C17H18F3NO2. The van der Waals surface area contributed by atoms with Crippen LogP contribution in [0.2, 0.25) is 0 Å². The summed E-state index contributed by atoms with van der Waals surface area (Å²) in [5, 5.41) is 11.9. The molecule has 0 bridgehead atoms. The Bertz CT molecular complexity index is 641. The van der Waals surface area contributed by atoms with Gasteiger partial charge in [0.1, 0.15) is 12.4 Å². The molecule has 0 amide bonds. The zero-order valence-electron chi connectivity index (χ0n) is 12.7. The van der Waals surface area contributed by atoms with E-state index >= 15 is 0 Å². The number of benzene rings is 2. The summed E-state index contributed by atoms with van der Waals surface area (Å²) in [6.07, 6.45) is 0. The molecule has 0 aromatic heterocycles. The van der Waals surface area contributed by atoms with Crippen LogP contribution in [-0.2, 0) is 6.54 Å². The Balaban J connectivity index is 2.06. The van der Waals surface area contributed by atoms with Crippen molar-refractivity contribution in [2.24, 2.45) is 0 Å².